The lowest BCUT2D eigenvalue weighted by molar-refractivity contribution is -0.253. The molecule has 0 saturated carbocycles. The second-order valence-electron chi connectivity index (χ2n) is 7.72. The normalized spacial score (nSPS) is 11.6. The van der Waals surface area contributed by atoms with E-state index in [9.17, 15) is 27.2 Å². The molecule has 0 heterocycles. The van der Waals surface area contributed by atoms with Crippen molar-refractivity contribution in [3.05, 3.63) is 65.7 Å². The second-order valence-corrected chi connectivity index (χ2v) is 7.72. The van der Waals surface area contributed by atoms with Crippen molar-refractivity contribution in [2.24, 2.45) is 0 Å². The van der Waals surface area contributed by atoms with Gasteiger partial charge in [-0.1, -0.05) is 51.2 Å². The number of alkyl halides is 4. The van der Waals surface area contributed by atoms with Gasteiger partial charge in [0.15, 0.2) is 0 Å². The highest BCUT2D eigenvalue weighted by atomic mass is 19.3. The predicted octanol–water partition coefficient (Wildman–Crippen LogP) is 7.06. The summed E-state index contributed by atoms with van der Waals surface area (Å²) in [4.78, 5) is 24.0. The number of carbonyl (C=O) groups is 2. The molecular formula is C26H28F4O5. The molecule has 9 heteroatoms. The van der Waals surface area contributed by atoms with Crippen LogP contribution >= 0.6 is 0 Å². The minimum Gasteiger partial charge on any atom is -0.463 e. The standard InChI is InChI=1S/C26H28F4O5/c1-2-3-4-5-6-7-18-33-23(31)17-10-19-8-13-21(14-9-19)34-24(32)20-11-15-22(16-12-20)35-26(29,30)25(27)28/h8-17,25H,2-7,18H2,1H3. The first kappa shape index (κ1) is 27.9. The Labute approximate surface area is 201 Å². The number of unbranched alkanes of at least 4 members (excludes halogenated alkanes) is 5. The number of hydrogen-bond acceptors (Lipinski definition) is 5. The molecule has 5 nitrogen and oxygen atoms in total. The van der Waals surface area contributed by atoms with Gasteiger partial charge in [0.05, 0.1) is 12.2 Å². The summed E-state index contributed by atoms with van der Waals surface area (Å²) in [6.07, 6.45) is 0.876. The topological polar surface area (TPSA) is 61.8 Å². The average Bonchev–Trinajstić information content (AvgIpc) is 2.83. The number of halogens is 4. The highest BCUT2D eigenvalue weighted by Gasteiger charge is 2.43. The molecule has 190 valence electrons. The van der Waals surface area contributed by atoms with E-state index in [0.717, 1.165) is 43.5 Å². The van der Waals surface area contributed by atoms with E-state index in [1.165, 1.54) is 37.5 Å². The maximum atomic E-state index is 12.9. The number of carbonyl (C=O) groups excluding carboxylic acids is 2. The van der Waals surface area contributed by atoms with Gasteiger partial charge in [0, 0.05) is 6.08 Å². The van der Waals surface area contributed by atoms with E-state index in [1.54, 1.807) is 18.2 Å². The van der Waals surface area contributed by atoms with E-state index < -0.39 is 30.2 Å². The maximum absolute atomic E-state index is 12.9. The van der Waals surface area contributed by atoms with Crippen LogP contribution < -0.4 is 9.47 Å². The van der Waals surface area contributed by atoms with E-state index in [4.69, 9.17) is 9.47 Å². The van der Waals surface area contributed by atoms with Crippen molar-refractivity contribution in [1.82, 2.24) is 0 Å². The molecule has 0 spiro atoms. The maximum Gasteiger partial charge on any atom is 0.461 e. The summed E-state index contributed by atoms with van der Waals surface area (Å²) >= 11 is 0. The summed E-state index contributed by atoms with van der Waals surface area (Å²) in [5.74, 6) is -1.53. The fourth-order valence-electron chi connectivity index (χ4n) is 2.94. The molecule has 0 bridgehead atoms. The van der Waals surface area contributed by atoms with Crippen LogP contribution in [0.2, 0.25) is 0 Å². The average molecular weight is 496 g/mol. The summed E-state index contributed by atoms with van der Waals surface area (Å²) < 4.78 is 64.6. The third-order valence-corrected chi connectivity index (χ3v) is 4.84. The van der Waals surface area contributed by atoms with Gasteiger partial charge in [-0.05, 0) is 54.5 Å². The first-order chi connectivity index (χ1) is 16.7. The van der Waals surface area contributed by atoms with Crippen molar-refractivity contribution in [1.29, 1.82) is 0 Å². The molecule has 0 atom stereocenters. The summed E-state index contributed by atoms with van der Waals surface area (Å²) in [5, 5.41) is 0. The molecule has 0 N–H and O–H groups in total. The molecular weight excluding hydrogens is 468 g/mol. The van der Waals surface area contributed by atoms with Crippen molar-refractivity contribution in [3.63, 3.8) is 0 Å². The molecule has 0 aliphatic rings. The lowest BCUT2D eigenvalue weighted by atomic mass is 10.1. The Balaban J connectivity index is 1.79. The van der Waals surface area contributed by atoms with E-state index in [2.05, 4.69) is 11.7 Å². The molecule has 2 rings (SSSR count). The van der Waals surface area contributed by atoms with E-state index in [1.807, 2.05) is 0 Å². The molecule has 35 heavy (non-hydrogen) atoms. The Bertz CT molecular complexity index is 957. The Morgan fingerprint density at radius 1 is 0.886 bits per heavy atom. The molecule has 2 aromatic rings. The van der Waals surface area contributed by atoms with E-state index in [0.29, 0.717) is 12.2 Å². The van der Waals surface area contributed by atoms with Gasteiger partial charge in [-0.3, -0.25) is 0 Å². The third kappa shape index (κ3) is 10.2. The zero-order valence-electron chi connectivity index (χ0n) is 19.4. The highest BCUT2D eigenvalue weighted by molar-refractivity contribution is 5.91. The van der Waals surface area contributed by atoms with Gasteiger partial charge in [-0.2, -0.15) is 17.6 Å². The molecule has 0 fully saturated rings. The smallest absolute Gasteiger partial charge is 0.461 e. The largest absolute Gasteiger partial charge is 0.463 e. The lowest BCUT2D eigenvalue weighted by Crippen LogP contribution is -2.33. The van der Waals surface area contributed by atoms with E-state index in [-0.39, 0.29) is 11.3 Å². The van der Waals surface area contributed by atoms with Crippen molar-refractivity contribution < 1.29 is 41.4 Å². The minimum absolute atomic E-state index is 0.00907. The quantitative estimate of drug-likeness (QED) is 0.0921. The van der Waals surface area contributed by atoms with Crippen LogP contribution in [-0.2, 0) is 9.53 Å². The number of esters is 2. The Hall–Kier alpha value is -3.36. The van der Waals surface area contributed by atoms with Crippen molar-refractivity contribution in [3.8, 4) is 11.5 Å². The Kier molecular flexibility index (Phi) is 11.3. The first-order valence-electron chi connectivity index (χ1n) is 11.3. The van der Waals surface area contributed by atoms with Crippen LogP contribution in [0, 0.1) is 0 Å². The van der Waals surface area contributed by atoms with Crippen LogP contribution in [0.15, 0.2) is 54.6 Å². The summed E-state index contributed by atoms with van der Waals surface area (Å²) in [7, 11) is 0. The third-order valence-electron chi connectivity index (χ3n) is 4.84. The van der Waals surface area contributed by atoms with Crippen molar-refractivity contribution >= 4 is 18.0 Å². The van der Waals surface area contributed by atoms with Gasteiger partial charge in [0.25, 0.3) is 0 Å². The fraction of sp³-hybridized carbons (Fsp3) is 0.385. The summed E-state index contributed by atoms with van der Waals surface area (Å²) in [6, 6.07) is 10.5. The molecule has 0 saturated heterocycles. The molecule has 0 aliphatic carbocycles. The SMILES string of the molecule is CCCCCCCCOC(=O)C=Cc1ccc(OC(=O)c2ccc(OC(F)(F)C(F)F)cc2)cc1. The molecule has 0 aliphatic heterocycles. The minimum atomic E-state index is -4.64. The summed E-state index contributed by atoms with van der Waals surface area (Å²) in [6.45, 7) is 2.54. The van der Waals surface area contributed by atoms with Crippen LogP contribution in [-0.4, -0.2) is 31.1 Å². The second kappa shape index (κ2) is 14.1. The monoisotopic (exact) mass is 496 g/mol. The van der Waals surface area contributed by atoms with Gasteiger partial charge in [-0.25, -0.2) is 9.59 Å². The zero-order chi connectivity index (χ0) is 25.7. The molecule has 0 unspecified atom stereocenters. The molecule has 0 aromatic heterocycles. The van der Waals surface area contributed by atoms with Crippen LogP contribution in [0.25, 0.3) is 6.08 Å². The van der Waals surface area contributed by atoms with Gasteiger partial charge in [0.1, 0.15) is 11.5 Å². The van der Waals surface area contributed by atoms with Crippen molar-refractivity contribution in [2.75, 3.05) is 6.61 Å². The van der Waals surface area contributed by atoms with Crippen LogP contribution in [0.5, 0.6) is 11.5 Å². The van der Waals surface area contributed by atoms with Crippen LogP contribution in [0.3, 0.4) is 0 Å². The van der Waals surface area contributed by atoms with Gasteiger partial charge in [0.2, 0.25) is 0 Å². The van der Waals surface area contributed by atoms with Crippen LogP contribution in [0.1, 0.15) is 61.4 Å². The van der Waals surface area contributed by atoms with Crippen LogP contribution in [0.4, 0.5) is 17.6 Å². The Morgan fingerprint density at radius 3 is 2.11 bits per heavy atom. The van der Waals surface area contributed by atoms with Crippen molar-refractivity contribution in [2.45, 2.75) is 58.0 Å². The predicted molar refractivity (Wildman–Crippen MR) is 123 cm³/mol. The lowest BCUT2D eigenvalue weighted by Gasteiger charge is -2.16. The number of hydrogen-bond donors (Lipinski definition) is 0. The number of benzene rings is 2. The zero-order valence-corrected chi connectivity index (χ0v) is 19.4. The fourth-order valence-corrected chi connectivity index (χ4v) is 2.94. The van der Waals surface area contributed by atoms with Gasteiger partial charge >= 0.3 is 24.5 Å². The van der Waals surface area contributed by atoms with E-state index >= 15 is 0 Å². The number of rotatable bonds is 14. The molecule has 0 amide bonds. The Morgan fingerprint density at radius 2 is 1.49 bits per heavy atom. The molecule has 2 aromatic carbocycles. The first-order valence-corrected chi connectivity index (χ1v) is 11.3. The summed E-state index contributed by atoms with van der Waals surface area (Å²) in [5.41, 5.74) is 0.692. The number of ether oxygens (including phenoxy) is 3. The molecule has 0 radical (unpaired) electrons. The van der Waals surface area contributed by atoms with Gasteiger partial charge in [-0.15, -0.1) is 0 Å². The highest BCUT2D eigenvalue weighted by Crippen LogP contribution is 2.27. The van der Waals surface area contributed by atoms with Gasteiger partial charge < -0.3 is 14.2 Å².